The molecule has 0 aliphatic rings. The van der Waals surface area contributed by atoms with Crippen molar-refractivity contribution in [2.45, 2.75) is 25.7 Å². The first-order chi connectivity index (χ1) is 6.14. The topological polar surface area (TPSA) is 49.7 Å². The van der Waals surface area contributed by atoms with Crippen LogP contribution in [0.25, 0.3) is 0 Å². The second kappa shape index (κ2) is 4.25. The summed E-state index contributed by atoms with van der Waals surface area (Å²) in [4.78, 5) is 0. The van der Waals surface area contributed by atoms with Gasteiger partial charge in [-0.3, -0.25) is 0 Å². The molecule has 3 nitrogen and oxygen atoms in total. The summed E-state index contributed by atoms with van der Waals surface area (Å²) in [6, 6.07) is 8.74. The maximum absolute atomic E-state index is 9.30. The van der Waals surface area contributed by atoms with E-state index in [1.54, 1.807) is 24.3 Å². The maximum atomic E-state index is 9.30. The van der Waals surface area contributed by atoms with Gasteiger partial charge in [0.1, 0.15) is 5.75 Å². The van der Waals surface area contributed by atoms with E-state index in [0.717, 1.165) is 0 Å². The van der Waals surface area contributed by atoms with Gasteiger partial charge >= 0.3 is 5.97 Å². The molecule has 0 heterocycles. The van der Waals surface area contributed by atoms with Gasteiger partial charge < -0.3 is 14.9 Å². The largest absolute Gasteiger partial charge is 0.439 e. The Kier molecular flexibility index (Phi) is 3.28. The van der Waals surface area contributed by atoms with Crippen molar-refractivity contribution < 1.29 is 14.9 Å². The first kappa shape index (κ1) is 10.0. The number of benzene rings is 1. The zero-order chi connectivity index (χ0) is 9.73. The predicted octanol–water partition coefficient (Wildman–Crippen LogP) is 1.50. The second-order valence-electron chi connectivity index (χ2n) is 2.91. The van der Waals surface area contributed by atoms with Crippen molar-refractivity contribution >= 4 is 0 Å². The van der Waals surface area contributed by atoms with Crippen LogP contribution >= 0.6 is 0 Å². The first-order valence-electron chi connectivity index (χ1n) is 4.33. The molecule has 0 fully saturated rings. The third-order valence-electron chi connectivity index (χ3n) is 1.60. The number of hydrogen-bond acceptors (Lipinski definition) is 3. The van der Waals surface area contributed by atoms with Gasteiger partial charge in [0.15, 0.2) is 0 Å². The maximum Gasteiger partial charge on any atom is 0.321 e. The van der Waals surface area contributed by atoms with E-state index in [0.29, 0.717) is 12.2 Å². The van der Waals surface area contributed by atoms with Gasteiger partial charge in [-0.05, 0) is 18.6 Å². The van der Waals surface area contributed by atoms with Crippen molar-refractivity contribution in [3.63, 3.8) is 0 Å². The van der Waals surface area contributed by atoms with E-state index in [2.05, 4.69) is 0 Å². The van der Waals surface area contributed by atoms with Crippen LogP contribution < -0.4 is 4.74 Å². The molecule has 0 bridgehead atoms. The Hall–Kier alpha value is -1.06. The smallest absolute Gasteiger partial charge is 0.321 e. The Morgan fingerprint density at radius 2 is 1.85 bits per heavy atom. The highest BCUT2D eigenvalue weighted by molar-refractivity contribution is 5.21. The van der Waals surface area contributed by atoms with Crippen molar-refractivity contribution in [1.82, 2.24) is 0 Å². The van der Waals surface area contributed by atoms with Gasteiger partial charge in [0.2, 0.25) is 0 Å². The molecule has 0 atom stereocenters. The van der Waals surface area contributed by atoms with Gasteiger partial charge in [0, 0.05) is 6.42 Å². The lowest BCUT2D eigenvalue weighted by Gasteiger charge is -2.21. The zero-order valence-corrected chi connectivity index (χ0v) is 7.60. The van der Waals surface area contributed by atoms with Crippen LogP contribution in [0.2, 0.25) is 0 Å². The summed E-state index contributed by atoms with van der Waals surface area (Å²) in [7, 11) is 0. The molecule has 2 N–H and O–H groups in total. The standard InChI is InChI=1S/C10H14O3/c1-2-8-10(11,12)13-9-6-4-3-5-7-9/h3-7,11-12H,2,8H2,1H3. The summed E-state index contributed by atoms with van der Waals surface area (Å²) in [5.41, 5.74) is 0. The molecular formula is C10H14O3. The van der Waals surface area contributed by atoms with Crippen molar-refractivity contribution in [3.8, 4) is 5.75 Å². The number of hydrogen-bond donors (Lipinski definition) is 2. The fourth-order valence-corrected chi connectivity index (χ4v) is 1.05. The highest BCUT2D eigenvalue weighted by Gasteiger charge is 2.23. The molecule has 1 rings (SSSR count). The van der Waals surface area contributed by atoms with Crippen molar-refractivity contribution in [1.29, 1.82) is 0 Å². The van der Waals surface area contributed by atoms with Gasteiger partial charge in [0.05, 0.1) is 0 Å². The molecule has 0 aliphatic carbocycles. The summed E-state index contributed by atoms with van der Waals surface area (Å²) < 4.78 is 4.95. The second-order valence-corrected chi connectivity index (χ2v) is 2.91. The quantitative estimate of drug-likeness (QED) is 0.694. The van der Waals surface area contributed by atoms with Crippen molar-refractivity contribution in [2.75, 3.05) is 0 Å². The monoisotopic (exact) mass is 182 g/mol. The lowest BCUT2D eigenvalue weighted by molar-refractivity contribution is -0.295. The lowest BCUT2D eigenvalue weighted by atomic mass is 10.3. The highest BCUT2D eigenvalue weighted by atomic mass is 16.8. The molecule has 1 aromatic carbocycles. The van der Waals surface area contributed by atoms with E-state index in [9.17, 15) is 10.2 Å². The van der Waals surface area contributed by atoms with Crippen LogP contribution in [0.4, 0.5) is 0 Å². The molecular weight excluding hydrogens is 168 g/mol. The Bertz CT molecular complexity index is 244. The number of ether oxygens (including phenoxy) is 1. The fourth-order valence-electron chi connectivity index (χ4n) is 1.05. The molecule has 3 heteroatoms. The lowest BCUT2D eigenvalue weighted by Crippen LogP contribution is -2.35. The third-order valence-corrected chi connectivity index (χ3v) is 1.60. The molecule has 1 aromatic rings. The SMILES string of the molecule is CCCC(O)(O)Oc1ccccc1. The van der Waals surface area contributed by atoms with E-state index in [-0.39, 0.29) is 6.42 Å². The molecule has 0 aliphatic heterocycles. The predicted molar refractivity (Wildman–Crippen MR) is 49.1 cm³/mol. The molecule has 0 amide bonds. The minimum absolute atomic E-state index is 0.196. The third kappa shape index (κ3) is 3.44. The Balaban J connectivity index is 2.58. The Labute approximate surface area is 77.6 Å². The zero-order valence-electron chi connectivity index (χ0n) is 7.60. The van der Waals surface area contributed by atoms with E-state index in [4.69, 9.17) is 4.74 Å². The minimum Gasteiger partial charge on any atom is -0.439 e. The van der Waals surface area contributed by atoms with Crippen LogP contribution in [0.3, 0.4) is 0 Å². The molecule has 0 spiro atoms. The van der Waals surface area contributed by atoms with Gasteiger partial charge in [-0.1, -0.05) is 25.1 Å². The summed E-state index contributed by atoms with van der Waals surface area (Å²) in [6.07, 6.45) is 0.849. The van der Waals surface area contributed by atoms with E-state index < -0.39 is 5.97 Å². The molecule has 0 unspecified atom stereocenters. The van der Waals surface area contributed by atoms with Gasteiger partial charge in [-0.2, -0.15) is 0 Å². The van der Waals surface area contributed by atoms with E-state index in [1.807, 2.05) is 13.0 Å². The molecule has 72 valence electrons. The summed E-state index contributed by atoms with van der Waals surface area (Å²) in [5.74, 6) is -1.59. The summed E-state index contributed by atoms with van der Waals surface area (Å²) in [6.45, 7) is 1.86. The van der Waals surface area contributed by atoms with Crippen molar-refractivity contribution in [3.05, 3.63) is 30.3 Å². The average Bonchev–Trinajstić information content (AvgIpc) is 2.04. The number of rotatable bonds is 4. The van der Waals surface area contributed by atoms with Gasteiger partial charge in [-0.25, -0.2) is 0 Å². The molecule has 0 aromatic heterocycles. The van der Waals surface area contributed by atoms with Crippen LogP contribution in [-0.4, -0.2) is 16.2 Å². The van der Waals surface area contributed by atoms with Crippen LogP contribution in [-0.2, 0) is 0 Å². The van der Waals surface area contributed by atoms with Crippen LogP contribution in [0.15, 0.2) is 30.3 Å². The van der Waals surface area contributed by atoms with Crippen molar-refractivity contribution in [2.24, 2.45) is 0 Å². The minimum atomic E-state index is -2.05. The first-order valence-corrected chi connectivity index (χ1v) is 4.33. The van der Waals surface area contributed by atoms with E-state index >= 15 is 0 Å². The molecule has 0 saturated heterocycles. The van der Waals surface area contributed by atoms with Crippen LogP contribution in [0.5, 0.6) is 5.75 Å². The van der Waals surface area contributed by atoms with Gasteiger partial charge in [0.25, 0.3) is 0 Å². The van der Waals surface area contributed by atoms with Crippen LogP contribution in [0.1, 0.15) is 19.8 Å². The average molecular weight is 182 g/mol. The molecule has 13 heavy (non-hydrogen) atoms. The Morgan fingerprint density at radius 3 is 2.38 bits per heavy atom. The van der Waals surface area contributed by atoms with E-state index in [1.165, 1.54) is 0 Å². The van der Waals surface area contributed by atoms with Gasteiger partial charge in [-0.15, -0.1) is 0 Å². The molecule has 0 radical (unpaired) electrons. The summed E-state index contributed by atoms with van der Waals surface area (Å²) >= 11 is 0. The summed E-state index contributed by atoms with van der Waals surface area (Å²) in [5, 5.41) is 18.6. The highest BCUT2D eigenvalue weighted by Crippen LogP contribution is 2.17. The fraction of sp³-hybridized carbons (Fsp3) is 0.400. The molecule has 0 saturated carbocycles. The number of para-hydroxylation sites is 1. The van der Waals surface area contributed by atoms with Crippen LogP contribution in [0, 0.1) is 0 Å². The normalized spacial score (nSPS) is 11.3. The Morgan fingerprint density at radius 1 is 1.23 bits per heavy atom. The number of aliphatic hydroxyl groups is 2.